The quantitative estimate of drug-likeness (QED) is 0.251. The van der Waals surface area contributed by atoms with Gasteiger partial charge in [0, 0.05) is 30.5 Å². The van der Waals surface area contributed by atoms with Gasteiger partial charge in [-0.25, -0.2) is 0 Å². The molecule has 1 unspecified atom stereocenters. The average Bonchev–Trinajstić information content (AvgIpc) is 2.96. The zero-order valence-electron chi connectivity index (χ0n) is 22.8. The van der Waals surface area contributed by atoms with Gasteiger partial charge in [0.1, 0.15) is 11.8 Å². The number of amides is 2. The molecule has 1 N–H and O–H groups in total. The summed E-state index contributed by atoms with van der Waals surface area (Å²) in [6, 6.07) is 24.8. The molecule has 3 aromatic rings. The van der Waals surface area contributed by atoms with Crippen LogP contribution in [-0.2, 0) is 22.6 Å². The van der Waals surface area contributed by atoms with Crippen molar-refractivity contribution in [2.45, 2.75) is 76.9 Å². The van der Waals surface area contributed by atoms with E-state index in [1.54, 1.807) is 17.0 Å². The van der Waals surface area contributed by atoms with E-state index >= 15 is 0 Å². The predicted octanol–water partition coefficient (Wildman–Crippen LogP) is 6.90. The lowest BCUT2D eigenvalue weighted by Crippen LogP contribution is -2.52. The molecule has 0 heterocycles. The molecule has 1 atom stereocenters. The molecular weight excluding hydrogens is 508 g/mol. The number of hydrogen-bond acceptors (Lipinski definition) is 3. The first-order valence-electron chi connectivity index (χ1n) is 14.1. The molecule has 4 rings (SSSR count). The van der Waals surface area contributed by atoms with Crippen molar-refractivity contribution in [3.8, 4) is 5.75 Å². The number of nitrogens with zero attached hydrogens (tertiary/aromatic N) is 1. The summed E-state index contributed by atoms with van der Waals surface area (Å²) in [4.78, 5) is 29.4. The molecule has 0 aliphatic heterocycles. The predicted molar refractivity (Wildman–Crippen MR) is 157 cm³/mol. The third kappa shape index (κ3) is 8.86. The van der Waals surface area contributed by atoms with Gasteiger partial charge >= 0.3 is 0 Å². The summed E-state index contributed by atoms with van der Waals surface area (Å²) in [6.45, 7) is 2.84. The highest BCUT2D eigenvalue weighted by Crippen LogP contribution is 2.22. The number of benzene rings is 3. The Kier molecular flexibility index (Phi) is 10.8. The first-order valence-corrected chi connectivity index (χ1v) is 14.4. The molecule has 39 heavy (non-hydrogen) atoms. The molecule has 5 nitrogen and oxygen atoms in total. The zero-order valence-corrected chi connectivity index (χ0v) is 23.5. The largest absolute Gasteiger partial charge is 0.494 e. The minimum absolute atomic E-state index is 0.0438. The fraction of sp³-hybridized carbons (Fsp3) is 0.394. The van der Waals surface area contributed by atoms with Gasteiger partial charge in [-0.3, -0.25) is 9.59 Å². The lowest BCUT2D eigenvalue weighted by atomic mass is 9.94. The van der Waals surface area contributed by atoms with Gasteiger partial charge in [0.2, 0.25) is 11.8 Å². The third-order valence-electron chi connectivity index (χ3n) is 7.44. The number of hydrogen-bond donors (Lipinski definition) is 1. The molecule has 1 aliphatic carbocycles. The van der Waals surface area contributed by atoms with Crippen molar-refractivity contribution in [3.63, 3.8) is 0 Å². The Morgan fingerprint density at radius 1 is 0.949 bits per heavy atom. The summed E-state index contributed by atoms with van der Waals surface area (Å²) in [5, 5.41) is 3.95. The van der Waals surface area contributed by atoms with E-state index in [1.807, 2.05) is 73.7 Å². The van der Waals surface area contributed by atoms with E-state index in [9.17, 15) is 9.59 Å². The Morgan fingerprint density at radius 2 is 1.64 bits per heavy atom. The van der Waals surface area contributed by atoms with Crippen LogP contribution in [0, 0.1) is 6.92 Å². The Bertz CT molecular complexity index is 1190. The van der Waals surface area contributed by atoms with E-state index in [-0.39, 0.29) is 17.9 Å². The Balaban J connectivity index is 1.52. The van der Waals surface area contributed by atoms with Crippen LogP contribution in [0.25, 0.3) is 0 Å². The van der Waals surface area contributed by atoms with Crippen LogP contribution < -0.4 is 10.1 Å². The van der Waals surface area contributed by atoms with Crippen LogP contribution in [0.5, 0.6) is 5.75 Å². The summed E-state index contributed by atoms with van der Waals surface area (Å²) in [7, 11) is 0. The van der Waals surface area contributed by atoms with Crippen molar-refractivity contribution >= 4 is 23.4 Å². The zero-order chi connectivity index (χ0) is 27.5. The molecule has 0 saturated heterocycles. The number of nitrogens with one attached hydrogen (secondary N) is 1. The van der Waals surface area contributed by atoms with Gasteiger partial charge in [-0.15, -0.1) is 0 Å². The SMILES string of the molecule is Cc1ccccc1CN(C(=O)CCCOc1ccc(Cl)cc1)C(Cc1ccccc1)C(=O)NC1CCCCC1. The van der Waals surface area contributed by atoms with Crippen molar-refractivity contribution in [2.24, 2.45) is 0 Å². The van der Waals surface area contributed by atoms with Crippen molar-refractivity contribution in [3.05, 3.63) is 101 Å². The molecule has 0 bridgehead atoms. The van der Waals surface area contributed by atoms with Crippen LogP contribution in [0.4, 0.5) is 0 Å². The maximum Gasteiger partial charge on any atom is 0.243 e. The second-order valence-corrected chi connectivity index (χ2v) is 10.8. The van der Waals surface area contributed by atoms with E-state index in [4.69, 9.17) is 16.3 Å². The molecule has 206 valence electrons. The molecule has 6 heteroatoms. The Hall–Kier alpha value is -3.31. The summed E-state index contributed by atoms with van der Waals surface area (Å²) < 4.78 is 5.82. The fourth-order valence-corrected chi connectivity index (χ4v) is 5.28. The lowest BCUT2D eigenvalue weighted by molar-refractivity contribution is -0.141. The van der Waals surface area contributed by atoms with Crippen LogP contribution in [0.3, 0.4) is 0 Å². The van der Waals surface area contributed by atoms with Gasteiger partial charge in [-0.1, -0.05) is 85.5 Å². The van der Waals surface area contributed by atoms with E-state index in [2.05, 4.69) is 5.32 Å². The minimum Gasteiger partial charge on any atom is -0.494 e. The van der Waals surface area contributed by atoms with Crippen molar-refractivity contribution < 1.29 is 14.3 Å². The highest BCUT2D eigenvalue weighted by Gasteiger charge is 2.32. The summed E-state index contributed by atoms with van der Waals surface area (Å²) in [5.41, 5.74) is 3.19. The number of rotatable bonds is 12. The average molecular weight is 547 g/mol. The normalized spacial score (nSPS) is 14.4. The van der Waals surface area contributed by atoms with E-state index < -0.39 is 6.04 Å². The van der Waals surface area contributed by atoms with Crippen LogP contribution in [-0.4, -0.2) is 35.4 Å². The monoisotopic (exact) mass is 546 g/mol. The van der Waals surface area contributed by atoms with Crippen molar-refractivity contribution in [1.29, 1.82) is 0 Å². The van der Waals surface area contributed by atoms with E-state index in [1.165, 1.54) is 6.42 Å². The van der Waals surface area contributed by atoms with Crippen LogP contribution in [0.15, 0.2) is 78.9 Å². The van der Waals surface area contributed by atoms with E-state index in [0.29, 0.717) is 37.4 Å². The summed E-state index contributed by atoms with van der Waals surface area (Å²) >= 11 is 5.96. The molecule has 1 aliphatic rings. The van der Waals surface area contributed by atoms with Gasteiger partial charge in [-0.2, -0.15) is 0 Å². The lowest BCUT2D eigenvalue weighted by Gasteiger charge is -2.34. The number of aryl methyl sites for hydroxylation is 1. The minimum atomic E-state index is -0.599. The highest BCUT2D eigenvalue weighted by molar-refractivity contribution is 6.30. The molecule has 1 saturated carbocycles. The molecule has 0 aromatic heterocycles. The smallest absolute Gasteiger partial charge is 0.243 e. The Morgan fingerprint density at radius 3 is 2.36 bits per heavy atom. The van der Waals surface area contributed by atoms with Crippen LogP contribution in [0.1, 0.15) is 61.6 Å². The standard InChI is InChI=1S/C33H39ClN2O3/c1-25-11-8-9-14-27(25)24-36(32(37)17-10-22-39-30-20-18-28(34)19-21-30)31(23-26-12-4-2-5-13-26)33(38)35-29-15-6-3-7-16-29/h2,4-5,8-9,11-14,18-21,29,31H,3,6-7,10,15-17,22-24H2,1H3,(H,35,38). The van der Waals surface area contributed by atoms with Gasteiger partial charge < -0.3 is 15.0 Å². The molecule has 0 radical (unpaired) electrons. The van der Waals surface area contributed by atoms with Crippen molar-refractivity contribution in [2.75, 3.05) is 6.61 Å². The Labute approximate surface area is 237 Å². The number of halogens is 1. The number of ether oxygens (including phenoxy) is 1. The summed E-state index contributed by atoms with van der Waals surface area (Å²) in [5.74, 6) is 0.611. The summed E-state index contributed by atoms with van der Waals surface area (Å²) in [6.07, 6.45) is 6.79. The van der Waals surface area contributed by atoms with Crippen LogP contribution >= 0.6 is 11.6 Å². The number of carbonyl (C=O) groups excluding carboxylic acids is 2. The van der Waals surface area contributed by atoms with Gasteiger partial charge in [0.05, 0.1) is 6.61 Å². The maximum atomic E-state index is 13.8. The topological polar surface area (TPSA) is 58.6 Å². The third-order valence-corrected chi connectivity index (χ3v) is 7.69. The molecule has 3 aromatic carbocycles. The van der Waals surface area contributed by atoms with Crippen LogP contribution in [0.2, 0.25) is 5.02 Å². The number of carbonyl (C=O) groups is 2. The molecular formula is C33H39ClN2O3. The fourth-order valence-electron chi connectivity index (χ4n) is 5.16. The van der Waals surface area contributed by atoms with Gasteiger partial charge in [0.25, 0.3) is 0 Å². The second-order valence-electron chi connectivity index (χ2n) is 10.4. The highest BCUT2D eigenvalue weighted by atomic mass is 35.5. The molecule has 0 spiro atoms. The first kappa shape index (κ1) is 28.7. The van der Waals surface area contributed by atoms with E-state index in [0.717, 1.165) is 48.1 Å². The first-order chi connectivity index (χ1) is 19.0. The molecule has 1 fully saturated rings. The van der Waals surface area contributed by atoms with Gasteiger partial charge in [0.15, 0.2) is 0 Å². The maximum absolute atomic E-state index is 13.8. The van der Waals surface area contributed by atoms with Gasteiger partial charge in [-0.05, 0) is 67.1 Å². The molecule has 2 amide bonds. The van der Waals surface area contributed by atoms with Crippen molar-refractivity contribution in [1.82, 2.24) is 10.2 Å². The second kappa shape index (κ2) is 14.7.